The van der Waals surface area contributed by atoms with Gasteiger partial charge >= 0.3 is 5.97 Å². The van der Waals surface area contributed by atoms with Crippen molar-refractivity contribution in [3.63, 3.8) is 0 Å². The van der Waals surface area contributed by atoms with Crippen molar-refractivity contribution >= 4 is 5.97 Å². The lowest BCUT2D eigenvalue weighted by atomic mass is 10.0. The molecule has 0 saturated heterocycles. The highest BCUT2D eigenvalue weighted by molar-refractivity contribution is 5.71. The average molecular weight is 441 g/mol. The van der Waals surface area contributed by atoms with Crippen molar-refractivity contribution in [2.75, 3.05) is 0 Å². The maximum absolute atomic E-state index is 10.5. The molecule has 2 N–H and O–H groups in total. The molecule has 0 radical (unpaired) electrons. The summed E-state index contributed by atoms with van der Waals surface area (Å²) < 4.78 is 0. The van der Waals surface area contributed by atoms with Crippen LogP contribution in [0.15, 0.2) is 0 Å². The van der Waals surface area contributed by atoms with Gasteiger partial charge in [-0.25, -0.2) is 4.79 Å². The molecule has 1 unspecified atom stereocenters. The SMILES string of the molecule is CC(C)CCCCCCCCCCCCCCCCCCCCCCCC(O)C(=O)O. The molecule has 0 spiro atoms. The number of unbranched alkanes of at least 4 members (excludes halogenated alkanes) is 20. The minimum absolute atomic E-state index is 0.397. The number of aliphatic carboxylic acids is 1. The van der Waals surface area contributed by atoms with Gasteiger partial charge in [0.25, 0.3) is 0 Å². The summed E-state index contributed by atoms with van der Waals surface area (Å²) in [6.07, 6.45) is 29.1. The van der Waals surface area contributed by atoms with Gasteiger partial charge in [-0.1, -0.05) is 155 Å². The van der Waals surface area contributed by atoms with Gasteiger partial charge in [-0.2, -0.15) is 0 Å². The minimum Gasteiger partial charge on any atom is -0.479 e. The Labute approximate surface area is 194 Å². The van der Waals surface area contributed by atoms with E-state index < -0.39 is 12.1 Å². The Bertz CT molecular complexity index is 367. The maximum atomic E-state index is 10.5. The van der Waals surface area contributed by atoms with Crippen molar-refractivity contribution in [2.45, 2.75) is 168 Å². The molecular weight excluding hydrogens is 384 g/mol. The van der Waals surface area contributed by atoms with Gasteiger partial charge in [0.2, 0.25) is 0 Å². The standard InChI is InChI=1S/C28H56O3/c1-26(2)24-22-20-18-16-14-12-10-8-6-4-3-5-7-9-11-13-15-17-19-21-23-25-27(29)28(30)31/h26-27,29H,3-25H2,1-2H3,(H,30,31). The van der Waals surface area contributed by atoms with Crippen LogP contribution in [0.2, 0.25) is 0 Å². The molecule has 0 aliphatic carbocycles. The number of aliphatic hydroxyl groups excluding tert-OH is 1. The summed E-state index contributed by atoms with van der Waals surface area (Å²) in [5, 5.41) is 17.8. The Hall–Kier alpha value is -0.570. The van der Waals surface area contributed by atoms with Crippen LogP contribution in [-0.4, -0.2) is 22.3 Å². The first kappa shape index (κ1) is 30.4. The van der Waals surface area contributed by atoms with Gasteiger partial charge in [0, 0.05) is 0 Å². The molecule has 0 fully saturated rings. The Balaban J connectivity index is 3.06. The topological polar surface area (TPSA) is 57.5 Å². The monoisotopic (exact) mass is 440 g/mol. The zero-order chi connectivity index (χ0) is 23.0. The van der Waals surface area contributed by atoms with Crippen LogP contribution in [0.3, 0.4) is 0 Å². The van der Waals surface area contributed by atoms with Crippen LogP contribution in [0.5, 0.6) is 0 Å². The second-order valence-corrected chi connectivity index (χ2v) is 10.2. The minimum atomic E-state index is -1.17. The molecule has 1 atom stereocenters. The zero-order valence-electron chi connectivity index (χ0n) is 21.2. The molecule has 0 aliphatic heterocycles. The fraction of sp³-hybridized carbons (Fsp3) is 0.964. The first-order valence-electron chi connectivity index (χ1n) is 13.9. The smallest absolute Gasteiger partial charge is 0.332 e. The predicted octanol–water partition coefficient (Wildman–Crippen LogP) is 9.06. The van der Waals surface area contributed by atoms with Crippen LogP contribution in [-0.2, 0) is 4.79 Å². The number of hydrogen-bond acceptors (Lipinski definition) is 2. The third-order valence-electron chi connectivity index (χ3n) is 6.54. The largest absolute Gasteiger partial charge is 0.479 e. The van der Waals surface area contributed by atoms with E-state index in [2.05, 4.69) is 13.8 Å². The summed E-state index contributed by atoms with van der Waals surface area (Å²) in [5.41, 5.74) is 0. The van der Waals surface area contributed by atoms with Crippen LogP contribution in [0.4, 0.5) is 0 Å². The highest BCUT2D eigenvalue weighted by atomic mass is 16.4. The highest BCUT2D eigenvalue weighted by Gasteiger charge is 2.11. The van der Waals surface area contributed by atoms with Crippen molar-refractivity contribution in [2.24, 2.45) is 5.92 Å². The molecule has 0 heterocycles. The summed E-state index contributed by atoms with van der Waals surface area (Å²) in [7, 11) is 0. The Morgan fingerprint density at radius 3 is 0.935 bits per heavy atom. The normalized spacial score (nSPS) is 12.5. The molecular formula is C28H56O3. The second-order valence-electron chi connectivity index (χ2n) is 10.2. The number of carbonyl (C=O) groups is 1. The number of hydrogen-bond donors (Lipinski definition) is 2. The average Bonchev–Trinajstić information content (AvgIpc) is 2.73. The van der Waals surface area contributed by atoms with E-state index in [1.165, 1.54) is 128 Å². The fourth-order valence-electron chi connectivity index (χ4n) is 4.37. The maximum Gasteiger partial charge on any atom is 0.332 e. The van der Waals surface area contributed by atoms with E-state index in [1.807, 2.05) is 0 Å². The molecule has 0 bridgehead atoms. The van der Waals surface area contributed by atoms with Crippen molar-refractivity contribution in [1.29, 1.82) is 0 Å². The number of aliphatic hydroxyl groups is 1. The van der Waals surface area contributed by atoms with Crippen molar-refractivity contribution in [3.05, 3.63) is 0 Å². The van der Waals surface area contributed by atoms with E-state index in [9.17, 15) is 9.90 Å². The first-order chi connectivity index (χ1) is 15.0. The predicted molar refractivity (Wildman–Crippen MR) is 135 cm³/mol. The van der Waals surface area contributed by atoms with Gasteiger partial charge in [-0.05, 0) is 12.3 Å². The summed E-state index contributed by atoms with van der Waals surface area (Å²) in [5.74, 6) is -0.212. The van der Waals surface area contributed by atoms with Gasteiger partial charge in [0.15, 0.2) is 6.10 Å². The van der Waals surface area contributed by atoms with Crippen molar-refractivity contribution < 1.29 is 15.0 Å². The van der Waals surface area contributed by atoms with E-state index in [0.29, 0.717) is 6.42 Å². The van der Waals surface area contributed by atoms with Crippen LogP contribution in [0.25, 0.3) is 0 Å². The molecule has 0 aliphatic rings. The number of rotatable bonds is 25. The molecule has 0 aromatic rings. The van der Waals surface area contributed by atoms with Gasteiger partial charge < -0.3 is 10.2 Å². The van der Waals surface area contributed by atoms with Gasteiger partial charge in [-0.15, -0.1) is 0 Å². The second kappa shape index (κ2) is 24.1. The lowest BCUT2D eigenvalue weighted by Gasteiger charge is -2.05. The molecule has 0 rings (SSSR count). The van der Waals surface area contributed by atoms with Crippen LogP contribution in [0, 0.1) is 5.92 Å². The van der Waals surface area contributed by atoms with Gasteiger partial charge in [0.05, 0.1) is 0 Å². The molecule has 0 aromatic carbocycles. The van der Waals surface area contributed by atoms with E-state index in [4.69, 9.17) is 5.11 Å². The number of carboxylic acids is 1. The van der Waals surface area contributed by atoms with Crippen LogP contribution < -0.4 is 0 Å². The van der Waals surface area contributed by atoms with E-state index in [-0.39, 0.29) is 0 Å². The summed E-state index contributed by atoms with van der Waals surface area (Å²) >= 11 is 0. The van der Waals surface area contributed by atoms with Crippen molar-refractivity contribution in [1.82, 2.24) is 0 Å². The molecule has 3 heteroatoms. The zero-order valence-corrected chi connectivity index (χ0v) is 21.2. The summed E-state index contributed by atoms with van der Waals surface area (Å²) in [6, 6.07) is 0. The molecule has 3 nitrogen and oxygen atoms in total. The Morgan fingerprint density at radius 1 is 0.484 bits per heavy atom. The Morgan fingerprint density at radius 2 is 0.710 bits per heavy atom. The van der Waals surface area contributed by atoms with Crippen LogP contribution in [0.1, 0.15) is 162 Å². The quantitative estimate of drug-likeness (QED) is 0.139. The molecule has 0 saturated carbocycles. The van der Waals surface area contributed by atoms with Crippen molar-refractivity contribution in [3.8, 4) is 0 Å². The van der Waals surface area contributed by atoms with Gasteiger partial charge in [-0.3, -0.25) is 0 Å². The first-order valence-corrected chi connectivity index (χ1v) is 13.9. The van der Waals surface area contributed by atoms with Crippen LogP contribution >= 0.6 is 0 Å². The van der Waals surface area contributed by atoms with E-state index in [0.717, 1.165) is 18.8 Å². The fourth-order valence-corrected chi connectivity index (χ4v) is 4.37. The highest BCUT2D eigenvalue weighted by Crippen LogP contribution is 2.16. The van der Waals surface area contributed by atoms with E-state index >= 15 is 0 Å². The Kier molecular flexibility index (Phi) is 23.6. The lowest BCUT2D eigenvalue weighted by molar-refractivity contribution is -0.146. The summed E-state index contributed by atoms with van der Waals surface area (Å²) in [6.45, 7) is 4.66. The number of carboxylic acid groups (broad SMARTS) is 1. The molecule has 0 aromatic heterocycles. The molecule has 0 amide bonds. The van der Waals surface area contributed by atoms with Gasteiger partial charge in [0.1, 0.15) is 0 Å². The third-order valence-corrected chi connectivity index (χ3v) is 6.54. The molecule has 31 heavy (non-hydrogen) atoms. The lowest BCUT2D eigenvalue weighted by Crippen LogP contribution is -2.18. The third kappa shape index (κ3) is 25.6. The molecule has 186 valence electrons. The van der Waals surface area contributed by atoms with E-state index in [1.54, 1.807) is 0 Å². The summed E-state index contributed by atoms with van der Waals surface area (Å²) in [4.78, 5) is 10.5.